The molecule has 0 spiro atoms. The van der Waals surface area contributed by atoms with E-state index >= 15 is 0 Å². The monoisotopic (exact) mass is 180 g/mol. The normalized spacial score (nSPS) is 20.1. The van der Waals surface area contributed by atoms with Crippen molar-refractivity contribution in [2.75, 3.05) is 0 Å². The molecule has 0 aromatic carbocycles. The lowest BCUT2D eigenvalue weighted by molar-refractivity contribution is -0.123. The summed E-state index contributed by atoms with van der Waals surface area (Å²) in [6.07, 6.45) is 8.20. The lowest BCUT2D eigenvalue weighted by Crippen LogP contribution is -2.46. The Morgan fingerprint density at radius 3 is 2.77 bits per heavy atom. The fraction of sp³-hybridized carbons (Fsp3) is 0.700. The van der Waals surface area contributed by atoms with E-state index in [-0.39, 0.29) is 11.9 Å². The molecular formula is C10H16N2O. The second-order valence-electron chi connectivity index (χ2n) is 3.64. The van der Waals surface area contributed by atoms with E-state index in [2.05, 4.69) is 11.2 Å². The molecule has 0 aromatic rings. The van der Waals surface area contributed by atoms with Crippen LogP contribution < -0.4 is 11.1 Å². The van der Waals surface area contributed by atoms with Crippen LogP contribution in [0.2, 0.25) is 0 Å². The highest BCUT2D eigenvalue weighted by molar-refractivity contribution is 5.89. The number of nitrogens with one attached hydrogen (secondary N) is 1. The number of carbonyl (C=O) groups excluding carboxylic acids is 1. The van der Waals surface area contributed by atoms with Gasteiger partial charge < -0.3 is 11.1 Å². The third-order valence-corrected chi connectivity index (χ3v) is 2.43. The van der Waals surface area contributed by atoms with Crippen LogP contribution in [0.25, 0.3) is 0 Å². The number of hydrogen-bond acceptors (Lipinski definition) is 2. The van der Waals surface area contributed by atoms with E-state index in [1.165, 1.54) is 0 Å². The minimum atomic E-state index is -0.581. The van der Waals surface area contributed by atoms with Crippen molar-refractivity contribution in [3.8, 4) is 12.3 Å². The minimum Gasteiger partial charge on any atom is -0.351 e. The highest BCUT2D eigenvalue weighted by Crippen LogP contribution is 2.32. The first-order valence-corrected chi connectivity index (χ1v) is 4.65. The Morgan fingerprint density at radius 1 is 1.77 bits per heavy atom. The molecular weight excluding hydrogens is 164 g/mol. The SMILES string of the molecule is C#CCC(CC)NC(=O)C1(N)CC1. The van der Waals surface area contributed by atoms with Crippen molar-refractivity contribution in [1.29, 1.82) is 0 Å². The van der Waals surface area contributed by atoms with Crippen molar-refractivity contribution in [2.45, 2.75) is 44.2 Å². The number of terminal acetylenes is 1. The molecule has 1 aliphatic rings. The molecule has 1 amide bonds. The van der Waals surface area contributed by atoms with Gasteiger partial charge >= 0.3 is 0 Å². The predicted octanol–water partition coefficient (Wildman–Crippen LogP) is 0.396. The molecule has 1 atom stereocenters. The Morgan fingerprint density at radius 2 is 2.38 bits per heavy atom. The highest BCUT2D eigenvalue weighted by Gasteiger charge is 2.46. The zero-order valence-corrected chi connectivity index (χ0v) is 7.97. The molecule has 1 rings (SSSR count). The zero-order chi connectivity index (χ0) is 9.90. The Balaban J connectivity index is 2.38. The van der Waals surface area contributed by atoms with Crippen LogP contribution in [-0.4, -0.2) is 17.5 Å². The molecule has 1 aliphatic carbocycles. The van der Waals surface area contributed by atoms with Gasteiger partial charge in [-0.25, -0.2) is 0 Å². The van der Waals surface area contributed by atoms with Crippen LogP contribution in [0.1, 0.15) is 32.6 Å². The molecule has 13 heavy (non-hydrogen) atoms. The molecule has 72 valence electrons. The number of carbonyl (C=O) groups is 1. The number of amides is 1. The summed E-state index contributed by atoms with van der Waals surface area (Å²) in [5.41, 5.74) is 5.14. The second-order valence-corrected chi connectivity index (χ2v) is 3.64. The Kier molecular flexibility index (Phi) is 2.94. The summed E-state index contributed by atoms with van der Waals surface area (Å²) in [6, 6.07) is 0.0820. The fourth-order valence-corrected chi connectivity index (χ4v) is 1.13. The van der Waals surface area contributed by atoms with E-state index in [9.17, 15) is 4.79 Å². The molecule has 0 heterocycles. The first-order valence-electron chi connectivity index (χ1n) is 4.65. The van der Waals surface area contributed by atoms with Crippen molar-refractivity contribution in [1.82, 2.24) is 5.32 Å². The van der Waals surface area contributed by atoms with E-state index in [1.54, 1.807) is 0 Å². The largest absolute Gasteiger partial charge is 0.351 e. The lowest BCUT2D eigenvalue weighted by Gasteiger charge is -2.17. The third kappa shape index (κ3) is 2.46. The van der Waals surface area contributed by atoms with Gasteiger partial charge in [0.25, 0.3) is 0 Å². The summed E-state index contributed by atoms with van der Waals surface area (Å²) >= 11 is 0. The van der Waals surface area contributed by atoms with Gasteiger partial charge in [-0.15, -0.1) is 12.3 Å². The van der Waals surface area contributed by atoms with E-state index in [1.807, 2.05) is 6.92 Å². The van der Waals surface area contributed by atoms with Crippen LogP contribution >= 0.6 is 0 Å². The van der Waals surface area contributed by atoms with Gasteiger partial charge in [0, 0.05) is 12.5 Å². The first kappa shape index (κ1) is 10.1. The summed E-state index contributed by atoms with van der Waals surface area (Å²) in [5, 5.41) is 2.86. The van der Waals surface area contributed by atoms with E-state index in [4.69, 9.17) is 12.2 Å². The van der Waals surface area contributed by atoms with Crippen LogP contribution in [0.5, 0.6) is 0 Å². The van der Waals surface area contributed by atoms with Crippen LogP contribution in [0, 0.1) is 12.3 Å². The molecule has 1 saturated carbocycles. The smallest absolute Gasteiger partial charge is 0.240 e. The van der Waals surface area contributed by atoms with Crippen molar-refractivity contribution in [2.24, 2.45) is 5.73 Å². The summed E-state index contributed by atoms with van der Waals surface area (Å²) in [5.74, 6) is 2.49. The van der Waals surface area contributed by atoms with Gasteiger partial charge in [-0.3, -0.25) is 4.79 Å². The number of hydrogen-bond donors (Lipinski definition) is 2. The van der Waals surface area contributed by atoms with Gasteiger partial charge in [0.2, 0.25) is 5.91 Å². The number of nitrogens with two attached hydrogens (primary N) is 1. The Labute approximate surface area is 79.1 Å². The Bertz CT molecular complexity index is 238. The van der Waals surface area contributed by atoms with Crippen molar-refractivity contribution >= 4 is 5.91 Å². The third-order valence-electron chi connectivity index (χ3n) is 2.43. The molecule has 0 saturated heterocycles. The molecule has 0 bridgehead atoms. The molecule has 3 nitrogen and oxygen atoms in total. The standard InChI is InChI=1S/C10H16N2O/c1-3-5-8(4-2)12-9(13)10(11)6-7-10/h1,8H,4-7,11H2,2H3,(H,12,13). The zero-order valence-electron chi connectivity index (χ0n) is 7.97. The van der Waals surface area contributed by atoms with E-state index < -0.39 is 5.54 Å². The fourth-order valence-electron chi connectivity index (χ4n) is 1.13. The van der Waals surface area contributed by atoms with Gasteiger partial charge in [0.1, 0.15) is 0 Å². The topological polar surface area (TPSA) is 55.1 Å². The van der Waals surface area contributed by atoms with Crippen molar-refractivity contribution in [3.05, 3.63) is 0 Å². The minimum absolute atomic E-state index is 0.0467. The maximum absolute atomic E-state index is 11.5. The molecule has 0 aromatic heterocycles. The van der Waals surface area contributed by atoms with Gasteiger partial charge in [-0.05, 0) is 19.3 Å². The number of rotatable bonds is 4. The lowest BCUT2D eigenvalue weighted by atomic mass is 10.1. The van der Waals surface area contributed by atoms with Crippen molar-refractivity contribution in [3.63, 3.8) is 0 Å². The predicted molar refractivity (Wildman–Crippen MR) is 51.8 cm³/mol. The maximum Gasteiger partial charge on any atom is 0.240 e. The molecule has 0 aliphatic heterocycles. The summed E-state index contributed by atoms with van der Waals surface area (Å²) in [6.45, 7) is 2.00. The van der Waals surface area contributed by atoms with Gasteiger partial charge in [-0.2, -0.15) is 0 Å². The van der Waals surface area contributed by atoms with Crippen molar-refractivity contribution < 1.29 is 4.79 Å². The summed E-state index contributed by atoms with van der Waals surface area (Å²) in [7, 11) is 0. The molecule has 3 N–H and O–H groups in total. The summed E-state index contributed by atoms with van der Waals surface area (Å²) in [4.78, 5) is 11.5. The molecule has 1 fully saturated rings. The van der Waals surface area contributed by atoms with E-state index in [0.717, 1.165) is 19.3 Å². The van der Waals surface area contributed by atoms with Crippen LogP contribution in [0.4, 0.5) is 0 Å². The van der Waals surface area contributed by atoms with Gasteiger partial charge in [0.05, 0.1) is 5.54 Å². The van der Waals surface area contributed by atoms with Crippen LogP contribution in [0.3, 0.4) is 0 Å². The Hall–Kier alpha value is -1.01. The first-order chi connectivity index (χ1) is 6.12. The second kappa shape index (κ2) is 3.80. The highest BCUT2D eigenvalue weighted by atomic mass is 16.2. The average molecular weight is 180 g/mol. The summed E-state index contributed by atoms with van der Waals surface area (Å²) < 4.78 is 0. The quantitative estimate of drug-likeness (QED) is 0.615. The average Bonchev–Trinajstić information content (AvgIpc) is 2.84. The molecule has 3 heteroatoms. The molecule has 1 unspecified atom stereocenters. The van der Waals surface area contributed by atoms with Crippen LogP contribution in [-0.2, 0) is 4.79 Å². The maximum atomic E-state index is 11.5. The van der Waals surface area contributed by atoms with Gasteiger partial charge in [-0.1, -0.05) is 6.92 Å². The van der Waals surface area contributed by atoms with Gasteiger partial charge in [0.15, 0.2) is 0 Å². The molecule has 0 radical (unpaired) electrons. The van der Waals surface area contributed by atoms with E-state index in [0.29, 0.717) is 6.42 Å². The van der Waals surface area contributed by atoms with Crippen LogP contribution in [0.15, 0.2) is 0 Å².